The van der Waals surface area contributed by atoms with Crippen LogP contribution in [0.1, 0.15) is 16.7 Å². The lowest BCUT2D eigenvalue weighted by atomic mass is 10.2. The monoisotopic (exact) mass is 336 g/mol. The van der Waals surface area contributed by atoms with E-state index >= 15 is 0 Å². The number of benzene rings is 3. The number of hydrogen-bond donors (Lipinski definition) is 0. The van der Waals surface area contributed by atoms with Crippen molar-refractivity contribution in [1.82, 2.24) is 0 Å². The van der Waals surface area contributed by atoms with E-state index in [2.05, 4.69) is 75.4 Å². The SMILES string of the molecule is Cc1cc(C)cc([SiH](c2ccccc2C)c2ccccc2Cl)c1. The summed E-state index contributed by atoms with van der Waals surface area (Å²) in [6, 6.07) is 23.9. The first kappa shape index (κ1) is 16.0. The van der Waals surface area contributed by atoms with Gasteiger partial charge in [0.2, 0.25) is 0 Å². The number of halogens is 1. The molecule has 1 unspecified atom stereocenters. The fraction of sp³-hybridized carbons (Fsp3) is 0.143. The molecule has 0 fully saturated rings. The van der Waals surface area contributed by atoms with E-state index in [1.54, 1.807) is 0 Å². The third-order valence-corrected chi connectivity index (χ3v) is 8.22. The summed E-state index contributed by atoms with van der Waals surface area (Å²) < 4.78 is 0. The molecule has 3 aromatic rings. The minimum atomic E-state index is -1.58. The van der Waals surface area contributed by atoms with Gasteiger partial charge in [-0.1, -0.05) is 94.1 Å². The lowest BCUT2D eigenvalue weighted by Gasteiger charge is -2.21. The van der Waals surface area contributed by atoms with Crippen LogP contribution >= 0.6 is 11.6 Å². The summed E-state index contributed by atoms with van der Waals surface area (Å²) >= 11 is 6.59. The molecule has 3 aromatic carbocycles. The van der Waals surface area contributed by atoms with E-state index in [1.165, 1.54) is 32.3 Å². The van der Waals surface area contributed by atoms with Gasteiger partial charge < -0.3 is 0 Å². The lowest BCUT2D eigenvalue weighted by molar-refractivity contribution is 1.40. The summed E-state index contributed by atoms with van der Waals surface area (Å²) in [6.45, 7) is 6.55. The molecule has 0 aliphatic rings. The Hall–Kier alpha value is -1.83. The van der Waals surface area contributed by atoms with Crippen LogP contribution in [-0.4, -0.2) is 8.80 Å². The molecule has 0 saturated heterocycles. The molecule has 3 rings (SSSR count). The average molecular weight is 337 g/mol. The lowest BCUT2D eigenvalue weighted by Crippen LogP contribution is -2.53. The van der Waals surface area contributed by atoms with Gasteiger partial charge in [-0.3, -0.25) is 0 Å². The van der Waals surface area contributed by atoms with Gasteiger partial charge in [-0.2, -0.15) is 0 Å². The van der Waals surface area contributed by atoms with Gasteiger partial charge in [0.05, 0.1) is 0 Å². The van der Waals surface area contributed by atoms with Crippen LogP contribution in [0.25, 0.3) is 0 Å². The van der Waals surface area contributed by atoms with E-state index in [4.69, 9.17) is 11.6 Å². The zero-order valence-electron chi connectivity index (χ0n) is 13.8. The third kappa shape index (κ3) is 3.41. The summed E-state index contributed by atoms with van der Waals surface area (Å²) in [5.74, 6) is 0. The van der Waals surface area contributed by atoms with E-state index in [0.717, 1.165) is 5.02 Å². The first-order valence-electron chi connectivity index (χ1n) is 7.94. The first-order valence-corrected chi connectivity index (χ1v) is 10.1. The van der Waals surface area contributed by atoms with Crippen molar-refractivity contribution in [3.05, 3.63) is 88.4 Å². The Bertz CT molecular complexity index is 773. The second kappa shape index (κ2) is 6.73. The van der Waals surface area contributed by atoms with Crippen LogP contribution in [0, 0.1) is 20.8 Å². The second-order valence-corrected chi connectivity index (χ2v) is 9.42. The molecule has 23 heavy (non-hydrogen) atoms. The van der Waals surface area contributed by atoms with Crippen molar-refractivity contribution in [1.29, 1.82) is 0 Å². The Morgan fingerprint density at radius 1 is 0.696 bits per heavy atom. The van der Waals surface area contributed by atoms with Crippen LogP contribution in [0.3, 0.4) is 0 Å². The molecule has 116 valence electrons. The predicted molar refractivity (Wildman–Crippen MR) is 105 cm³/mol. The van der Waals surface area contributed by atoms with Crippen molar-refractivity contribution in [2.24, 2.45) is 0 Å². The Kier molecular flexibility index (Phi) is 4.70. The van der Waals surface area contributed by atoms with E-state index < -0.39 is 8.80 Å². The maximum atomic E-state index is 6.59. The molecule has 0 nitrogen and oxygen atoms in total. The number of hydrogen-bond acceptors (Lipinski definition) is 0. The zero-order valence-corrected chi connectivity index (χ0v) is 15.7. The van der Waals surface area contributed by atoms with Crippen molar-refractivity contribution in [3.63, 3.8) is 0 Å². The van der Waals surface area contributed by atoms with E-state index in [9.17, 15) is 0 Å². The van der Waals surface area contributed by atoms with Gasteiger partial charge in [-0.25, -0.2) is 0 Å². The Labute approximate surface area is 145 Å². The maximum absolute atomic E-state index is 6.59. The average Bonchev–Trinajstić information content (AvgIpc) is 2.50. The molecule has 0 bridgehead atoms. The highest BCUT2D eigenvalue weighted by Gasteiger charge is 2.22. The van der Waals surface area contributed by atoms with E-state index in [-0.39, 0.29) is 0 Å². The highest BCUT2D eigenvalue weighted by atomic mass is 35.5. The summed E-state index contributed by atoms with van der Waals surface area (Å²) in [5.41, 5.74) is 3.99. The molecular weight excluding hydrogens is 316 g/mol. The summed E-state index contributed by atoms with van der Waals surface area (Å²) in [5, 5.41) is 5.07. The van der Waals surface area contributed by atoms with Gasteiger partial charge >= 0.3 is 0 Å². The molecule has 0 N–H and O–H groups in total. The van der Waals surface area contributed by atoms with Crippen LogP contribution in [-0.2, 0) is 0 Å². The Balaban J connectivity index is 2.26. The predicted octanol–water partition coefficient (Wildman–Crippen LogP) is 3.51. The smallest absolute Gasteiger partial charge is 0.0845 e. The van der Waals surface area contributed by atoms with Gasteiger partial charge in [0.25, 0.3) is 0 Å². The maximum Gasteiger partial charge on any atom is 0.135 e. The normalized spacial score (nSPS) is 12.2. The van der Waals surface area contributed by atoms with E-state index in [0.29, 0.717) is 0 Å². The molecule has 0 radical (unpaired) electrons. The molecule has 0 amide bonds. The highest BCUT2D eigenvalue weighted by Crippen LogP contribution is 2.09. The molecular formula is C21H21ClSi. The molecule has 0 aliphatic heterocycles. The van der Waals surface area contributed by atoms with Crippen molar-refractivity contribution in [3.8, 4) is 0 Å². The topological polar surface area (TPSA) is 0 Å². The Morgan fingerprint density at radius 3 is 1.87 bits per heavy atom. The first-order chi connectivity index (χ1) is 11.1. The highest BCUT2D eigenvalue weighted by molar-refractivity contribution is 6.96. The molecule has 0 heterocycles. The Morgan fingerprint density at radius 2 is 1.26 bits per heavy atom. The van der Waals surface area contributed by atoms with Crippen LogP contribution in [0.4, 0.5) is 0 Å². The van der Waals surface area contributed by atoms with Crippen LogP contribution in [0.2, 0.25) is 5.02 Å². The van der Waals surface area contributed by atoms with Gasteiger partial charge in [0.1, 0.15) is 8.80 Å². The van der Waals surface area contributed by atoms with Crippen LogP contribution in [0.5, 0.6) is 0 Å². The van der Waals surface area contributed by atoms with Crippen LogP contribution in [0.15, 0.2) is 66.7 Å². The molecule has 2 heteroatoms. The standard InChI is InChI=1S/C21H21ClSi/c1-15-12-16(2)14-18(13-15)23(20-10-6-4-8-17(20)3)21-11-7-5-9-19(21)22/h4-14,23H,1-3H3. The van der Waals surface area contributed by atoms with Gasteiger partial charge in [-0.15, -0.1) is 0 Å². The molecule has 0 spiro atoms. The van der Waals surface area contributed by atoms with Crippen molar-refractivity contribution < 1.29 is 0 Å². The van der Waals surface area contributed by atoms with Gasteiger partial charge in [0.15, 0.2) is 0 Å². The second-order valence-electron chi connectivity index (χ2n) is 6.23. The minimum absolute atomic E-state index is 0.881. The fourth-order valence-electron chi connectivity index (χ4n) is 3.32. The molecule has 0 saturated carbocycles. The van der Waals surface area contributed by atoms with E-state index in [1.807, 2.05) is 12.1 Å². The van der Waals surface area contributed by atoms with Crippen molar-refractivity contribution >= 4 is 36.0 Å². The molecule has 0 aromatic heterocycles. The molecule has 1 atom stereocenters. The van der Waals surface area contributed by atoms with Crippen LogP contribution < -0.4 is 15.6 Å². The molecule has 0 aliphatic carbocycles. The fourth-order valence-corrected chi connectivity index (χ4v) is 7.23. The quantitative estimate of drug-likeness (QED) is 0.507. The minimum Gasteiger partial charge on any atom is -0.0845 e. The number of aryl methyl sites for hydroxylation is 3. The summed E-state index contributed by atoms with van der Waals surface area (Å²) in [4.78, 5) is 0. The van der Waals surface area contributed by atoms with Crippen molar-refractivity contribution in [2.45, 2.75) is 20.8 Å². The zero-order chi connectivity index (χ0) is 16.4. The van der Waals surface area contributed by atoms with Gasteiger partial charge in [0, 0.05) is 5.02 Å². The summed E-state index contributed by atoms with van der Waals surface area (Å²) in [6.07, 6.45) is 0. The summed E-state index contributed by atoms with van der Waals surface area (Å²) in [7, 11) is -1.58. The van der Waals surface area contributed by atoms with Gasteiger partial charge in [-0.05, 0) is 37.2 Å². The number of rotatable bonds is 3. The van der Waals surface area contributed by atoms with Crippen molar-refractivity contribution in [2.75, 3.05) is 0 Å². The largest absolute Gasteiger partial charge is 0.135 e. The third-order valence-electron chi connectivity index (χ3n) is 4.29.